The largest absolute Gasteiger partial charge is 0.396 e. The molecule has 0 bridgehead atoms. The minimum atomic E-state index is -0.524. The highest BCUT2D eigenvalue weighted by atomic mass is 16.3. The predicted octanol–water partition coefficient (Wildman–Crippen LogP) is 16.6. The first-order valence-corrected chi connectivity index (χ1v) is 34.9. The van der Waals surface area contributed by atoms with E-state index in [-0.39, 0.29) is 62.4 Å². The summed E-state index contributed by atoms with van der Waals surface area (Å²) >= 11 is 0. The Kier molecular flexibility index (Phi) is 53.8. The summed E-state index contributed by atoms with van der Waals surface area (Å²) < 4.78 is 0. The van der Waals surface area contributed by atoms with Crippen molar-refractivity contribution in [2.24, 2.45) is 0 Å². The summed E-state index contributed by atoms with van der Waals surface area (Å²) in [6, 6.07) is 0.0652. The summed E-state index contributed by atoms with van der Waals surface area (Å²) in [5.74, 6) is -0.142. The van der Waals surface area contributed by atoms with Crippen molar-refractivity contribution >= 4 is 11.8 Å². The Bertz CT molecular complexity index is 1120. The van der Waals surface area contributed by atoms with Crippen LogP contribution in [0.2, 0.25) is 0 Å². The lowest BCUT2D eigenvalue weighted by molar-refractivity contribution is -0.137. The third-order valence-electron chi connectivity index (χ3n) is 17.9. The Balaban J connectivity index is 2.92. The van der Waals surface area contributed by atoms with Crippen LogP contribution in [0.5, 0.6) is 0 Å². The van der Waals surface area contributed by atoms with Crippen LogP contribution in [0.4, 0.5) is 0 Å². The van der Waals surface area contributed by atoms with E-state index >= 15 is 0 Å². The maximum atomic E-state index is 13.6. The van der Waals surface area contributed by atoms with Crippen LogP contribution < -0.4 is 10.6 Å². The Morgan fingerprint density at radius 3 is 0.705 bits per heavy atom. The molecule has 0 aromatic heterocycles. The van der Waals surface area contributed by atoms with Crippen molar-refractivity contribution in [1.29, 1.82) is 0 Å². The first-order valence-electron chi connectivity index (χ1n) is 34.9. The van der Waals surface area contributed by atoms with Crippen molar-refractivity contribution in [2.45, 2.75) is 385 Å². The maximum absolute atomic E-state index is 13.6. The van der Waals surface area contributed by atoms with Crippen molar-refractivity contribution in [3.63, 3.8) is 0 Å². The van der Waals surface area contributed by atoms with E-state index < -0.39 is 12.1 Å². The second kappa shape index (κ2) is 56.2. The van der Waals surface area contributed by atoms with E-state index in [9.17, 15) is 30.0 Å². The van der Waals surface area contributed by atoms with Crippen molar-refractivity contribution < 1.29 is 30.0 Å². The van der Waals surface area contributed by atoms with Crippen molar-refractivity contribution in [3.8, 4) is 0 Å². The van der Waals surface area contributed by atoms with Gasteiger partial charge in [0, 0.05) is 50.6 Å². The molecule has 6 atom stereocenters. The minimum Gasteiger partial charge on any atom is -0.396 e. The normalized spacial score (nSPS) is 16.5. The number of carbonyl (C=O) groups is 2. The van der Waals surface area contributed by atoms with E-state index in [0.29, 0.717) is 12.8 Å². The fourth-order valence-electron chi connectivity index (χ4n) is 13.0. The summed E-state index contributed by atoms with van der Waals surface area (Å²) in [6.45, 7) is 11.5. The van der Waals surface area contributed by atoms with E-state index in [4.69, 9.17) is 0 Å². The average molecular weight is 1110 g/mol. The molecule has 6 N–H and O–H groups in total. The molecule has 0 radical (unpaired) electrons. The van der Waals surface area contributed by atoms with Crippen molar-refractivity contribution in [2.75, 3.05) is 39.5 Å². The number of aliphatic hydroxyl groups is 4. The zero-order valence-corrected chi connectivity index (χ0v) is 52.6. The summed E-state index contributed by atoms with van der Waals surface area (Å²) in [6.07, 6.45) is 58.6. The van der Waals surface area contributed by atoms with Crippen LogP contribution in [0.15, 0.2) is 0 Å². The molecular weight excluding hydrogens is 969 g/mol. The molecule has 1 rings (SSSR count). The van der Waals surface area contributed by atoms with E-state index in [0.717, 1.165) is 90.1 Å². The molecule has 10 heteroatoms. The van der Waals surface area contributed by atoms with Gasteiger partial charge in [-0.05, 0) is 103 Å². The molecule has 10 nitrogen and oxygen atoms in total. The molecule has 0 aromatic carbocycles. The van der Waals surface area contributed by atoms with Gasteiger partial charge < -0.3 is 31.1 Å². The Hall–Kier alpha value is -1.30. The molecule has 0 aromatic rings. The predicted molar refractivity (Wildman–Crippen MR) is 334 cm³/mol. The second-order valence-corrected chi connectivity index (χ2v) is 24.7. The summed E-state index contributed by atoms with van der Waals surface area (Å²) in [4.78, 5) is 32.6. The topological polar surface area (TPSA) is 146 Å². The number of hydrogen-bond donors (Lipinski definition) is 6. The molecule has 1 aliphatic heterocycles. The number of amides is 2. The first kappa shape index (κ1) is 74.7. The molecule has 1 aliphatic rings. The van der Waals surface area contributed by atoms with Gasteiger partial charge in [-0.3, -0.25) is 19.4 Å². The molecule has 6 unspecified atom stereocenters. The number of hydrogen-bond acceptors (Lipinski definition) is 8. The highest BCUT2D eigenvalue weighted by Crippen LogP contribution is 2.27. The smallest absolute Gasteiger partial charge is 0.243 e. The van der Waals surface area contributed by atoms with Crippen molar-refractivity contribution in [1.82, 2.24) is 20.4 Å². The lowest BCUT2D eigenvalue weighted by Gasteiger charge is -2.39. The minimum absolute atomic E-state index is 0.0712. The van der Waals surface area contributed by atoms with Crippen LogP contribution in [0, 0.1) is 0 Å². The summed E-state index contributed by atoms with van der Waals surface area (Å²) in [7, 11) is 0. The fraction of sp³-hybridized carbons (Fsp3) is 0.971. The highest BCUT2D eigenvalue weighted by molar-refractivity contribution is 5.96. The number of piperazine rings is 1. The van der Waals surface area contributed by atoms with Gasteiger partial charge in [0.1, 0.15) is 12.1 Å². The molecule has 0 aliphatic carbocycles. The fourth-order valence-corrected chi connectivity index (χ4v) is 13.0. The third-order valence-corrected chi connectivity index (χ3v) is 17.9. The number of nitrogens with one attached hydrogen (secondary N) is 2. The number of aliphatic hydroxyl groups excluding tert-OH is 4. The molecule has 78 heavy (non-hydrogen) atoms. The van der Waals surface area contributed by atoms with E-state index in [1.165, 1.54) is 231 Å². The van der Waals surface area contributed by atoms with E-state index in [1.54, 1.807) is 0 Å². The lowest BCUT2D eigenvalue weighted by Crippen LogP contribution is -2.61. The van der Waals surface area contributed by atoms with Gasteiger partial charge in [-0.15, -0.1) is 0 Å². The molecule has 1 fully saturated rings. The monoisotopic (exact) mass is 1110 g/mol. The van der Waals surface area contributed by atoms with Gasteiger partial charge in [0.2, 0.25) is 11.8 Å². The quantitative estimate of drug-likeness (QED) is 0.0330. The van der Waals surface area contributed by atoms with Gasteiger partial charge in [-0.1, -0.05) is 259 Å². The van der Waals surface area contributed by atoms with Crippen LogP contribution in [0.1, 0.15) is 349 Å². The van der Waals surface area contributed by atoms with Gasteiger partial charge >= 0.3 is 0 Å². The molecule has 2 amide bonds. The molecule has 1 saturated heterocycles. The molecule has 0 saturated carbocycles. The lowest BCUT2D eigenvalue weighted by atomic mass is 9.95. The van der Waals surface area contributed by atoms with Gasteiger partial charge in [0.25, 0.3) is 0 Å². The number of nitrogens with zero attached hydrogens (tertiary/aromatic N) is 2. The van der Waals surface area contributed by atoms with Gasteiger partial charge in [-0.25, -0.2) is 0 Å². The highest BCUT2D eigenvalue weighted by Gasteiger charge is 2.34. The summed E-state index contributed by atoms with van der Waals surface area (Å²) in [5.41, 5.74) is 0. The first-order chi connectivity index (χ1) is 38.3. The van der Waals surface area contributed by atoms with E-state index in [2.05, 4.69) is 48.1 Å². The van der Waals surface area contributed by atoms with Crippen LogP contribution in [0.3, 0.4) is 0 Å². The van der Waals surface area contributed by atoms with Crippen molar-refractivity contribution in [3.05, 3.63) is 0 Å². The number of rotatable bonds is 62. The second-order valence-electron chi connectivity index (χ2n) is 24.7. The maximum Gasteiger partial charge on any atom is 0.243 e. The Morgan fingerprint density at radius 1 is 0.295 bits per heavy atom. The van der Waals surface area contributed by atoms with Gasteiger partial charge in [0.15, 0.2) is 0 Å². The Labute approximate surface area is 484 Å². The molecular formula is C68H136N4O6. The average Bonchev–Trinajstić information content (AvgIpc) is 3.44. The van der Waals surface area contributed by atoms with Crippen LogP contribution in [-0.4, -0.2) is 118 Å². The molecule has 0 spiro atoms. The van der Waals surface area contributed by atoms with Gasteiger partial charge in [0.05, 0.1) is 0 Å². The standard InChI is InChI=1S/C68H136N4O6/c1-5-9-13-17-21-25-29-33-37-45-61(51-57-73)71(62(52-58-74)46-38-34-30-26-22-18-14-10-6-2)55-43-41-49-65-67(77)70-66(68(78)69-65)50-42-44-56-72(63(53-59-75)47-39-35-31-27-23-19-15-11-7-3)64(54-60-76)48-40-36-32-28-24-20-16-12-8-4/h61-66,73-76H,5-60H2,1-4H3,(H,69,78)(H,70,77). The van der Waals surface area contributed by atoms with Crippen LogP contribution >= 0.6 is 0 Å². The number of carbonyl (C=O) groups excluding carboxylic acids is 2. The van der Waals surface area contributed by atoms with E-state index in [1.807, 2.05) is 0 Å². The zero-order chi connectivity index (χ0) is 56.8. The molecule has 1 heterocycles. The Morgan fingerprint density at radius 2 is 0.500 bits per heavy atom. The zero-order valence-electron chi connectivity index (χ0n) is 52.6. The van der Waals surface area contributed by atoms with Crippen LogP contribution in [0.25, 0.3) is 0 Å². The SMILES string of the molecule is CCCCCCCCCCCC(CCO)N(CCCCC1NC(=O)C(CCCCN(C(CCO)CCCCCCCCCCC)C(CCO)CCCCCCCCCCC)NC1=O)C(CCO)CCCCCCCCCCC. The summed E-state index contributed by atoms with van der Waals surface area (Å²) in [5, 5.41) is 47.7. The van der Waals surface area contributed by atoms with Gasteiger partial charge in [-0.2, -0.15) is 0 Å². The molecule has 464 valence electrons. The van der Waals surface area contributed by atoms with Crippen LogP contribution in [-0.2, 0) is 9.59 Å². The number of unbranched alkanes of at least 4 members (excludes halogenated alkanes) is 34. The third kappa shape index (κ3) is 40.0.